The Morgan fingerprint density at radius 1 is 0.720 bits per heavy atom. The van der Waals surface area contributed by atoms with Crippen molar-refractivity contribution in [2.45, 2.75) is 9.79 Å². The number of fused-ring (bicyclic) bond motifs is 2. The topological polar surface area (TPSA) is 60.4 Å². The number of carbonyl (C=O) groups excluding carboxylic acids is 1. The van der Waals surface area contributed by atoms with Crippen molar-refractivity contribution >= 4 is 44.5 Å². The molecular formula is C19H13BiO4S. The molecule has 3 aromatic rings. The first-order chi connectivity index (χ1) is 12.1. The first-order valence-electron chi connectivity index (χ1n) is 7.60. The van der Waals surface area contributed by atoms with Crippen LogP contribution in [0.2, 0.25) is 0 Å². The fourth-order valence-corrected chi connectivity index (χ4v) is 15.1. The summed E-state index contributed by atoms with van der Waals surface area (Å²) in [5.41, 5.74) is 0.473. The van der Waals surface area contributed by atoms with Crippen LogP contribution in [0.1, 0.15) is 10.4 Å². The molecule has 0 radical (unpaired) electrons. The van der Waals surface area contributed by atoms with Crippen molar-refractivity contribution in [3.63, 3.8) is 0 Å². The fourth-order valence-electron chi connectivity index (χ4n) is 2.76. The molecule has 0 saturated heterocycles. The number of benzene rings is 3. The average Bonchev–Trinajstić information content (AvgIpc) is 2.66. The van der Waals surface area contributed by atoms with Gasteiger partial charge >= 0.3 is 155 Å². The summed E-state index contributed by atoms with van der Waals surface area (Å²) in [5.74, 6) is -0.401. The summed E-state index contributed by atoms with van der Waals surface area (Å²) in [5, 5.41) is 0. The summed E-state index contributed by atoms with van der Waals surface area (Å²) < 4.78 is 33.1. The first kappa shape index (κ1) is 16.4. The van der Waals surface area contributed by atoms with Crippen LogP contribution in [0.4, 0.5) is 0 Å². The standard InChI is InChI=1S/C12H8O2S.C7H6O2.Bi/c13-15(14,11-7-3-1-4-8-11)12-9-5-2-6-10-12;8-7(9)6-4-2-1-3-5-6;/h1-7,9H;1-5H,(H,8,9);/q;;+1/p-1. The molecule has 0 spiro atoms. The van der Waals surface area contributed by atoms with Crippen LogP contribution in [0.3, 0.4) is 0 Å². The maximum absolute atomic E-state index is 12.9. The SMILES string of the molecule is O=C([O][Bi]1[c]2ccccc2S(=O)(=O)c2cccc[c]21)c1ccccc1. The van der Waals surface area contributed by atoms with Gasteiger partial charge in [0.25, 0.3) is 0 Å². The molecule has 1 aliphatic heterocycles. The molecule has 25 heavy (non-hydrogen) atoms. The second-order valence-electron chi connectivity index (χ2n) is 5.48. The van der Waals surface area contributed by atoms with E-state index in [9.17, 15) is 13.2 Å². The van der Waals surface area contributed by atoms with E-state index >= 15 is 0 Å². The monoisotopic (exact) mass is 546 g/mol. The molecule has 6 heteroatoms. The van der Waals surface area contributed by atoms with Crippen molar-refractivity contribution in [2.75, 3.05) is 0 Å². The van der Waals surface area contributed by atoms with Gasteiger partial charge in [0.15, 0.2) is 0 Å². The van der Waals surface area contributed by atoms with Crippen LogP contribution < -0.4 is 6.54 Å². The third-order valence-electron chi connectivity index (χ3n) is 3.93. The van der Waals surface area contributed by atoms with E-state index in [1.807, 2.05) is 6.07 Å². The van der Waals surface area contributed by atoms with Gasteiger partial charge < -0.3 is 0 Å². The van der Waals surface area contributed by atoms with Crippen LogP contribution in [-0.2, 0) is 12.7 Å². The van der Waals surface area contributed by atoms with E-state index in [-0.39, 0.29) is 9.79 Å². The molecule has 0 N–H and O–H groups in total. The first-order valence-corrected chi connectivity index (χ1v) is 14.0. The van der Waals surface area contributed by atoms with Gasteiger partial charge in [-0.05, 0) is 0 Å². The number of hydrogen-bond acceptors (Lipinski definition) is 4. The molecule has 0 atom stereocenters. The molecule has 1 aliphatic rings. The third kappa shape index (κ3) is 2.79. The molecule has 0 aromatic heterocycles. The van der Waals surface area contributed by atoms with Gasteiger partial charge in [-0.3, -0.25) is 0 Å². The maximum atomic E-state index is 12.9. The third-order valence-corrected chi connectivity index (χ3v) is 14.8. The van der Waals surface area contributed by atoms with Crippen LogP contribution >= 0.6 is 0 Å². The number of rotatable bonds is 2. The predicted molar refractivity (Wildman–Crippen MR) is 95.2 cm³/mol. The van der Waals surface area contributed by atoms with E-state index in [0.29, 0.717) is 12.1 Å². The molecule has 3 aromatic carbocycles. The Morgan fingerprint density at radius 3 is 1.76 bits per heavy atom. The van der Waals surface area contributed by atoms with Crippen LogP contribution in [0.15, 0.2) is 88.7 Å². The molecule has 4 nitrogen and oxygen atoms in total. The Morgan fingerprint density at radius 2 is 1.20 bits per heavy atom. The summed E-state index contributed by atoms with van der Waals surface area (Å²) >= 11 is -3.25. The van der Waals surface area contributed by atoms with E-state index < -0.39 is 38.0 Å². The number of sulfone groups is 1. The molecule has 0 amide bonds. The Hall–Kier alpha value is -2.04. The Labute approximate surface area is 154 Å². The van der Waals surface area contributed by atoms with E-state index in [4.69, 9.17) is 2.81 Å². The molecule has 4 rings (SSSR count). The van der Waals surface area contributed by atoms with Gasteiger partial charge in [0.05, 0.1) is 0 Å². The summed E-state index contributed by atoms with van der Waals surface area (Å²) in [7, 11) is -3.58. The van der Waals surface area contributed by atoms with Crippen LogP contribution in [-0.4, -0.2) is 36.6 Å². The molecule has 0 bridgehead atoms. The predicted octanol–water partition coefficient (Wildman–Crippen LogP) is 1.80. The molecule has 0 saturated carbocycles. The summed E-state index contributed by atoms with van der Waals surface area (Å²) in [6, 6.07) is 22.5. The quantitative estimate of drug-likeness (QED) is 0.461. The fraction of sp³-hybridized carbons (Fsp3) is 0. The van der Waals surface area contributed by atoms with Gasteiger partial charge in [0.2, 0.25) is 0 Å². The summed E-state index contributed by atoms with van der Waals surface area (Å²) in [4.78, 5) is 13.1. The second-order valence-corrected chi connectivity index (χ2v) is 14.1. The van der Waals surface area contributed by atoms with E-state index in [1.54, 1.807) is 72.8 Å². The Balaban J connectivity index is 1.85. The van der Waals surface area contributed by atoms with Crippen LogP contribution in [0.25, 0.3) is 0 Å². The second kappa shape index (κ2) is 6.36. The van der Waals surface area contributed by atoms with Crippen molar-refractivity contribution in [1.29, 1.82) is 0 Å². The Kier molecular flexibility index (Phi) is 4.18. The number of carbonyl (C=O) groups is 1. The van der Waals surface area contributed by atoms with Gasteiger partial charge in [-0.2, -0.15) is 0 Å². The van der Waals surface area contributed by atoms with E-state index in [0.717, 1.165) is 0 Å². The van der Waals surface area contributed by atoms with Gasteiger partial charge in [0, 0.05) is 0 Å². The van der Waals surface area contributed by atoms with Crippen molar-refractivity contribution in [3.8, 4) is 0 Å². The average molecular weight is 546 g/mol. The van der Waals surface area contributed by atoms with Crippen molar-refractivity contribution in [1.82, 2.24) is 0 Å². The van der Waals surface area contributed by atoms with Crippen LogP contribution in [0, 0.1) is 0 Å². The van der Waals surface area contributed by atoms with Gasteiger partial charge in [-0.1, -0.05) is 0 Å². The summed E-state index contributed by atoms with van der Waals surface area (Å²) in [6.45, 7) is 0. The van der Waals surface area contributed by atoms with E-state index in [1.165, 1.54) is 0 Å². The van der Waals surface area contributed by atoms with Gasteiger partial charge in [0.1, 0.15) is 0 Å². The number of hydrogen-bond donors (Lipinski definition) is 0. The molecule has 0 fully saturated rings. The molecule has 0 unspecified atom stereocenters. The van der Waals surface area contributed by atoms with E-state index in [2.05, 4.69) is 0 Å². The van der Waals surface area contributed by atoms with Crippen molar-refractivity contribution < 1.29 is 16.0 Å². The van der Waals surface area contributed by atoms with Crippen molar-refractivity contribution in [3.05, 3.63) is 84.4 Å². The van der Waals surface area contributed by atoms with Crippen LogP contribution in [0.5, 0.6) is 0 Å². The zero-order valence-corrected chi connectivity index (χ0v) is 17.3. The normalized spacial score (nSPS) is 15.0. The molecule has 1 heterocycles. The minimum absolute atomic E-state index is 0.271. The summed E-state index contributed by atoms with van der Waals surface area (Å²) in [6.07, 6.45) is 0. The molecule has 0 aliphatic carbocycles. The van der Waals surface area contributed by atoms with Gasteiger partial charge in [-0.15, -0.1) is 0 Å². The minimum atomic E-state index is -3.58. The zero-order chi connectivity index (χ0) is 17.4. The molecule has 124 valence electrons. The van der Waals surface area contributed by atoms with Crippen molar-refractivity contribution in [2.24, 2.45) is 0 Å². The van der Waals surface area contributed by atoms with Gasteiger partial charge in [-0.25, -0.2) is 0 Å². The Bertz CT molecular complexity index is 1010. The zero-order valence-electron chi connectivity index (χ0n) is 13.0. The molecular weight excluding hydrogens is 533 g/mol.